The highest BCUT2D eigenvalue weighted by molar-refractivity contribution is 6.25. The smallest absolute Gasteiger partial charge is 0.300 e. The minimum absolute atomic E-state index is 0.833. The van der Waals surface area contributed by atoms with Gasteiger partial charge in [0.2, 0.25) is 0 Å². The van der Waals surface area contributed by atoms with Crippen LogP contribution in [0.4, 0.5) is 0 Å². The van der Waals surface area contributed by atoms with Gasteiger partial charge in [-0.15, -0.1) is 0 Å². The average molecular weight is 287 g/mol. The fourth-order valence-corrected chi connectivity index (χ4v) is 0. The van der Waals surface area contributed by atoms with Crippen LogP contribution in [0.5, 0.6) is 0 Å². The van der Waals surface area contributed by atoms with Gasteiger partial charge in [-0.25, -0.2) is 0 Å². The lowest BCUT2D eigenvalue weighted by molar-refractivity contribution is -0.134. The van der Waals surface area contributed by atoms with E-state index in [4.69, 9.17) is 44.7 Å². The number of hydrogen-bond donors (Lipinski definition) is 1. The van der Waals surface area contributed by atoms with E-state index in [1.807, 2.05) is 0 Å². The van der Waals surface area contributed by atoms with Crippen LogP contribution in [0, 0.1) is 20.8 Å². The van der Waals surface area contributed by atoms with Crippen molar-refractivity contribution in [2.24, 2.45) is 0 Å². The summed E-state index contributed by atoms with van der Waals surface area (Å²) in [6.07, 6.45) is 4.55. The Morgan fingerprint density at radius 2 is 1.00 bits per heavy atom. The largest absolute Gasteiger partial charge is 0.481 e. The normalized spacial score (nSPS) is 8.69. The van der Waals surface area contributed by atoms with E-state index in [1.54, 1.807) is 0 Å². The van der Waals surface area contributed by atoms with Crippen LogP contribution in [0.1, 0.15) is 6.92 Å². The summed E-state index contributed by atoms with van der Waals surface area (Å²) in [6, 6.07) is 0. The van der Waals surface area contributed by atoms with Crippen molar-refractivity contribution in [3.8, 4) is 0 Å². The number of halogens is 3. The quantitative estimate of drug-likeness (QED) is 0.694. The Morgan fingerprint density at radius 1 is 0.938 bits per heavy atom. The maximum atomic E-state index is 9.00. The van der Waals surface area contributed by atoms with Gasteiger partial charge in [0.05, 0.1) is 0 Å². The standard InChI is InChI=1S/3C3H4Cl.C2H4O2/c3*1-2-3-4;1-2(3)4/h3*2-3H,1H2;1H3,(H,3,4). The molecule has 0 saturated heterocycles. The van der Waals surface area contributed by atoms with Crippen molar-refractivity contribution in [2.75, 3.05) is 0 Å². The van der Waals surface area contributed by atoms with Gasteiger partial charge in [-0.1, -0.05) is 53.0 Å². The van der Waals surface area contributed by atoms with Crippen LogP contribution in [0.2, 0.25) is 0 Å². The van der Waals surface area contributed by atoms with Crippen LogP contribution >= 0.6 is 34.8 Å². The molecule has 0 unspecified atom stereocenters. The van der Waals surface area contributed by atoms with Crippen molar-refractivity contribution >= 4 is 40.8 Å². The monoisotopic (exact) mass is 285 g/mol. The molecule has 0 spiro atoms. The molecule has 0 aromatic carbocycles. The Bertz CT molecular complexity index is 148. The van der Waals surface area contributed by atoms with Crippen molar-refractivity contribution in [1.82, 2.24) is 0 Å². The summed E-state index contributed by atoms with van der Waals surface area (Å²) in [5.74, 6) is -0.833. The highest BCUT2D eigenvalue weighted by Crippen LogP contribution is 1.70. The van der Waals surface area contributed by atoms with Crippen LogP contribution in [0.15, 0.2) is 34.8 Å². The minimum atomic E-state index is -0.833. The maximum absolute atomic E-state index is 9.00. The van der Waals surface area contributed by atoms with E-state index >= 15 is 0 Å². The molecule has 2 nitrogen and oxygen atoms in total. The summed E-state index contributed by atoms with van der Waals surface area (Å²) in [4.78, 5) is 9.00. The lowest BCUT2D eigenvalue weighted by Gasteiger charge is -1.59. The molecule has 0 aromatic heterocycles. The van der Waals surface area contributed by atoms with Crippen molar-refractivity contribution < 1.29 is 9.90 Å². The average Bonchev–Trinajstić information content (AvgIpc) is 2.28. The van der Waals surface area contributed by atoms with Gasteiger partial charge in [-0.3, -0.25) is 4.79 Å². The number of carboxylic acid groups (broad SMARTS) is 1. The number of aliphatic carboxylic acids is 1. The zero-order chi connectivity index (χ0) is 13.8. The SMILES string of the molecule is CC(=O)O.[CH2]C=CCl.[CH2]C=CCl.[CH2]C=CCl. The first-order chi connectivity index (χ1) is 7.47. The predicted octanol–water partition coefficient (Wildman–Crippen LogP) is 4.81. The molecule has 5 heteroatoms. The Labute approximate surface area is 113 Å². The maximum Gasteiger partial charge on any atom is 0.300 e. The fourth-order valence-electron chi connectivity index (χ4n) is 0. The first-order valence-corrected chi connectivity index (χ1v) is 5.12. The van der Waals surface area contributed by atoms with Crippen molar-refractivity contribution in [2.45, 2.75) is 6.92 Å². The molecule has 16 heavy (non-hydrogen) atoms. The highest BCUT2D eigenvalue weighted by Gasteiger charge is 1.65. The summed E-state index contributed by atoms with van der Waals surface area (Å²) in [5, 5.41) is 7.42. The number of carbonyl (C=O) groups is 1. The second-order valence-electron chi connectivity index (χ2n) is 1.60. The van der Waals surface area contributed by atoms with E-state index in [9.17, 15) is 0 Å². The molecule has 1 N–H and O–H groups in total. The van der Waals surface area contributed by atoms with Crippen LogP contribution in [-0.2, 0) is 4.79 Å². The van der Waals surface area contributed by atoms with Crippen LogP contribution in [-0.4, -0.2) is 11.1 Å². The summed E-state index contributed by atoms with van der Waals surface area (Å²) < 4.78 is 0. The van der Waals surface area contributed by atoms with Crippen molar-refractivity contribution in [1.29, 1.82) is 0 Å². The van der Waals surface area contributed by atoms with E-state index in [0.717, 1.165) is 6.92 Å². The molecular weight excluding hydrogens is 270 g/mol. The number of rotatable bonds is 0. The number of hydrogen-bond acceptors (Lipinski definition) is 1. The van der Waals surface area contributed by atoms with Gasteiger partial charge in [0, 0.05) is 23.5 Å². The fraction of sp³-hybridized carbons (Fsp3) is 0.0909. The minimum Gasteiger partial charge on any atom is -0.481 e. The molecule has 0 aromatic rings. The molecule has 0 fully saturated rings. The third-order valence-electron chi connectivity index (χ3n) is 0.267. The second kappa shape index (κ2) is 36.5. The van der Waals surface area contributed by atoms with Crippen molar-refractivity contribution in [3.63, 3.8) is 0 Å². The van der Waals surface area contributed by atoms with Crippen molar-refractivity contribution in [3.05, 3.63) is 55.6 Å². The Morgan fingerprint density at radius 3 is 1.00 bits per heavy atom. The Kier molecular flexibility index (Phi) is 56.4. The lowest BCUT2D eigenvalue weighted by atomic mass is 10.8. The third-order valence-corrected chi connectivity index (χ3v) is 0.802. The summed E-state index contributed by atoms with van der Waals surface area (Å²) >= 11 is 14.8. The van der Waals surface area contributed by atoms with E-state index in [-0.39, 0.29) is 0 Å². The molecule has 0 bridgehead atoms. The molecule has 0 rings (SSSR count). The molecule has 0 atom stereocenters. The van der Waals surface area contributed by atoms with E-state index in [2.05, 4.69) is 20.8 Å². The highest BCUT2D eigenvalue weighted by atomic mass is 35.5. The van der Waals surface area contributed by atoms with Gasteiger partial charge in [0.15, 0.2) is 0 Å². The van der Waals surface area contributed by atoms with Gasteiger partial charge in [0.25, 0.3) is 5.97 Å². The van der Waals surface area contributed by atoms with Crippen LogP contribution in [0.3, 0.4) is 0 Å². The second-order valence-corrected chi connectivity index (χ2v) is 2.36. The van der Waals surface area contributed by atoms with Gasteiger partial charge >= 0.3 is 0 Å². The van der Waals surface area contributed by atoms with E-state index < -0.39 is 5.97 Å². The van der Waals surface area contributed by atoms with Gasteiger partial charge in [-0.05, 0) is 20.8 Å². The molecule has 93 valence electrons. The van der Waals surface area contributed by atoms with Crippen LogP contribution < -0.4 is 0 Å². The number of carboxylic acids is 1. The van der Waals surface area contributed by atoms with Gasteiger partial charge < -0.3 is 5.11 Å². The molecular formula is C11H16Cl3O2. The molecule has 0 aliphatic heterocycles. The molecule has 0 saturated carbocycles. The molecule has 0 heterocycles. The zero-order valence-electron chi connectivity index (χ0n) is 9.07. The number of allylic oxidation sites excluding steroid dienone is 3. The molecule has 0 amide bonds. The summed E-state index contributed by atoms with van der Waals surface area (Å²) in [7, 11) is 0. The molecule has 0 aliphatic rings. The first-order valence-electron chi connectivity index (χ1n) is 3.81. The van der Waals surface area contributed by atoms with E-state index in [0.29, 0.717) is 0 Å². The molecule has 0 aliphatic carbocycles. The van der Waals surface area contributed by atoms with E-state index in [1.165, 1.54) is 34.8 Å². The lowest BCUT2D eigenvalue weighted by Crippen LogP contribution is -1.78. The zero-order valence-corrected chi connectivity index (χ0v) is 11.3. The topological polar surface area (TPSA) is 37.3 Å². The van der Waals surface area contributed by atoms with Crippen LogP contribution in [0.25, 0.3) is 0 Å². The predicted molar refractivity (Wildman–Crippen MR) is 74.4 cm³/mol. The Hall–Kier alpha value is -0.440. The third kappa shape index (κ3) is 326. The summed E-state index contributed by atoms with van der Waals surface area (Å²) in [5.41, 5.74) is 4.08. The van der Waals surface area contributed by atoms with Gasteiger partial charge in [0.1, 0.15) is 0 Å². The van der Waals surface area contributed by atoms with Gasteiger partial charge in [-0.2, -0.15) is 0 Å². The summed E-state index contributed by atoms with van der Waals surface area (Å²) in [6.45, 7) is 11.0. The molecule has 3 radical (unpaired) electrons. The Balaban J connectivity index is -0.0000000600. The first kappa shape index (κ1) is 24.7.